The lowest BCUT2D eigenvalue weighted by Crippen LogP contribution is -2.35. The van der Waals surface area contributed by atoms with E-state index in [-0.39, 0.29) is 17.9 Å². The maximum atomic E-state index is 13.4. The quantitative estimate of drug-likeness (QED) is 0.600. The molecular formula is C24H28BrNO4. The van der Waals surface area contributed by atoms with Gasteiger partial charge in [0.15, 0.2) is 5.78 Å². The van der Waals surface area contributed by atoms with E-state index in [1.165, 1.54) is 6.42 Å². The molecule has 1 saturated carbocycles. The Kier molecular flexibility index (Phi) is 6.32. The Balaban J connectivity index is 1.75. The molecule has 1 aromatic carbocycles. The normalized spacial score (nSPS) is 22.5. The molecule has 0 saturated heterocycles. The maximum Gasteiger partial charge on any atom is 0.337 e. The topological polar surface area (TPSA) is 64.6 Å². The number of hydrogen-bond acceptors (Lipinski definition) is 5. The summed E-state index contributed by atoms with van der Waals surface area (Å²) in [5.41, 5.74) is 3.86. The first kappa shape index (κ1) is 21.2. The van der Waals surface area contributed by atoms with E-state index in [1.54, 1.807) is 7.11 Å². The molecule has 0 spiro atoms. The fraction of sp³-hybridized carbons (Fsp3) is 0.500. The Morgan fingerprint density at radius 3 is 2.60 bits per heavy atom. The van der Waals surface area contributed by atoms with Crippen molar-refractivity contribution in [1.82, 2.24) is 5.32 Å². The zero-order chi connectivity index (χ0) is 21.3. The van der Waals surface area contributed by atoms with E-state index in [9.17, 15) is 9.59 Å². The first-order valence-corrected chi connectivity index (χ1v) is 11.6. The Bertz CT molecular complexity index is 927. The summed E-state index contributed by atoms with van der Waals surface area (Å²) < 4.78 is 12.1. The summed E-state index contributed by atoms with van der Waals surface area (Å²) >= 11 is 3.55. The van der Waals surface area contributed by atoms with Gasteiger partial charge in [0.05, 0.1) is 17.2 Å². The summed E-state index contributed by atoms with van der Waals surface area (Å²) in [6, 6.07) is 5.75. The van der Waals surface area contributed by atoms with Crippen LogP contribution in [0.5, 0.6) is 5.75 Å². The van der Waals surface area contributed by atoms with Gasteiger partial charge in [-0.05, 0) is 79.1 Å². The SMILES string of the molecule is COc1ccc(C2C(C(=O)OC3CCCCC3)=C(C)NC3=C2C(=O)CCC3)cc1Br. The lowest BCUT2D eigenvalue weighted by atomic mass is 9.75. The first-order valence-electron chi connectivity index (χ1n) is 10.8. The van der Waals surface area contributed by atoms with Crippen LogP contribution in [0.1, 0.15) is 69.8 Å². The van der Waals surface area contributed by atoms with Crippen LogP contribution in [0.25, 0.3) is 0 Å². The number of halogens is 1. The van der Waals surface area contributed by atoms with Gasteiger partial charge in [-0.1, -0.05) is 12.5 Å². The molecule has 0 radical (unpaired) electrons. The van der Waals surface area contributed by atoms with Crippen LogP contribution in [0.3, 0.4) is 0 Å². The number of Topliss-reactive ketones (excluding diaryl/α,β-unsaturated/α-hetero) is 1. The lowest BCUT2D eigenvalue weighted by Gasteiger charge is -2.35. The number of methoxy groups -OCH3 is 1. The van der Waals surface area contributed by atoms with Gasteiger partial charge in [-0.15, -0.1) is 0 Å². The fourth-order valence-electron chi connectivity index (χ4n) is 4.85. The maximum absolute atomic E-state index is 13.4. The molecule has 0 bridgehead atoms. The number of carbonyl (C=O) groups excluding carboxylic acids is 2. The van der Waals surface area contributed by atoms with Gasteiger partial charge >= 0.3 is 5.97 Å². The van der Waals surface area contributed by atoms with Gasteiger partial charge in [-0.3, -0.25) is 4.79 Å². The van der Waals surface area contributed by atoms with E-state index in [4.69, 9.17) is 9.47 Å². The number of nitrogens with one attached hydrogen (secondary N) is 1. The van der Waals surface area contributed by atoms with Gasteiger partial charge in [-0.25, -0.2) is 4.79 Å². The van der Waals surface area contributed by atoms with Crippen molar-refractivity contribution in [1.29, 1.82) is 0 Å². The van der Waals surface area contributed by atoms with Crippen molar-refractivity contribution in [2.24, 2.45) is 0 Å². The molecule has 6 heteroatoms. The van der Waals surface area contributed by atoms with Gasteiger partial charge in [-0.2, -0.15) is 0 Å². The smallest absolute Gasteiger partial charge is 0.337 e. The van der Waals surface area contributed by atoms with Crippen LogP contribution in [-0.4, -0.2) is 25.0 Å². The fourth-order valence-corrected chi connectivity index (χ4v) is 5.41. The summed E-state index contributed by atoms with van der Waals surface area (Å²) in [7, 11) is 1.62. The monoisotopic (exact) mass is 473 g/mol. The van der Waals surface area contributed by atoms with Crippen molar-refractivity contribution in [2.45, 2.75) is 70.3 Å². The van der Waals surface area contributed by atoms with Crippen LogP contribution in [0, 0.1) is 0 Å². The molecule has 1 unspecified atom stereocenters. The molecule has 2 aliphatic carbocycles. The van der Waals surface area contributed by atoms with Crippen molar-refractivity contribution >= 4 is 27.7 Å². The van der Waals surface area contributed by atoms with Crippen molar-refractivity contribution in [2.75, 3.05) is 7.11 Å². The third kappa shape index (κ3) is 4.07. The second-order valence-electron chi connectivity index (χ2n) is 8.32. The zero-order valence-corrected chi connectivity index (χ0v) is 19.1. The highest BCUT2D eigenvalue weighted by Gasteiger charge is 2.39. The second kappa shape index (κ2) is 8.96. The molecular weight excluding hydrogens is 446 g/mol. The zero-order valence-electron chi connectivity index (χ0n) is 17.6. The minimum absolute atomic E-state index is 0.0350. The van der Waals surface area contributed by atoms with Crippen LogP contribution in [0.15, 0.2) is 45.2 Å². The van der Waals surface area contributed by atoms with E-state index in [0.29, 0.717) is 23.3 Å². The Hall–Kier alpha value is -2.08. The minimum atomic E-state index is -0.424. The summed E-state index contributed by atoms with van der Waals surface area (Å²) in [5, 5.41) is 3.36. The highest BCUT2D eigenvalue weighted by atomic mass is 79.9. The molecule has 30 heavy (non-hydrogen) atoms. The van der Waals surface area contributed by atoms with Crippen LogP contribution < -0.4 is 10.1 Å². The highest BCUT2D eigenvalue weighted by Crippen LogP contribution is 2.44. The summed E-state index contributed by atoms with van der Waals surface area (Å²) in [4.78, 5) is 26.3. The molecule has 1 heterocycles. The van der Waals surface area contributed by atoms with Crippen LogP contribution in [-0.2, 0) is 14.3 Å². The number of ether oxygens (including phenoxy) is 2. The average Bonchev–Trinajstić information content (AvgIpc) is 2.73. The second-order valence-corrected chi connectivity index (χ2v) is 9.18. The highest BCUT2D eigenvalue weighted by molar-refractivity contribution is 9.10. The van der Waals surface area contributed by atoms with E-state index < -0.39 is 5.92 Å². The molecule has 3 aliphatic rings. The van der Waals surface area contributed by atoms with Gasteiger partial charge in [0.1, 0.15) is 11.9 Å². The number of esters is 1. The number of benzene rings is 1. The standard InChI is InChI=1S/C24H28BrNO4/c1-14-21(24(28)30-16-7-4-3-5-8-16)22(15-11-12-20(29-2)17(25)13-15)23-18(26-14)9-6-10-19(23)27/h11-13,16,22,26H,3-10H2,1-2H3. The van der Waals surface area contributed by atoms with E-state index >= 15 is 0 Å². The third-order valence-corrected chi connectivity index (χ3v) is 6.95. The van der Waals surface area contributed by atoms with Gasteiger partial charge in [0, 0.05) is 29.3 Å². The minimum Gasteiger partial charge on any atom is -0.496 e. The van der Waals surface area contributed by atoms with E-state index in [1.807, 2.05) is 25.1 Å². The Morgan fingerprint density at radius 2 is 1.90 bits per heavy atom. The molecule has 0 aromatic heterocycles. The molecule has 160 valence electrons. The van der Waals surface area contributed by atoms with Gasteiger partial charge < -0.3 is 14.8 Å². The molecule has 0 amide bonds. The van der Waals surface area contributed by atoms with Gasteiger partial charge in [0.2, 0.25) is 0 Å². The molecule has 1 aromatic rings. The number of dihydropyridines is 1. The lowest BCUT2D eigenvalue weighted by molar-refractivity contribution is -0.146. The van der Waals surface area contributed by atoms with Crippen LogP contribution >= 0.6 is 15.9 Å². The molecule has 5 nitrogen and oxygen atoms in total. The number of ketones is 1. The van der Waals surface area contributed by atoms with Crippen LogP contribution in [0.4, 0.5) is 0 Å². The average molecular weight is 474 g/mol. The third-order valence-electron chi connectivity index (χ3n) is 6.33. The summed E-state index contributed by atoms with van der Waals surface area (Å²) in [5.74, 6) is 0.0844. The van der Waals surface area contributed by atoms with Crippen molar-refractivity contribution < 1.29 is 19.1 Å². The molecule has 4 rings (SSSR count). The number of rotatable bonds is 4. The molecule has 1 atom stereocenters. The number of allylic oxidation sites excluding steroid dienone is 3. The largest absolute Gasteiger partial charge is 0.496 e. The molecule has 1 fully saturated rings. The first-order chi connectivity index (χ1) is 14.5. The van der Waals surface area contributed by atoms with Crippen LogP contribution in [0.2, 0.25) is 0 Å². The van der Waals surface area contributed by atoms with Gasteiger partial charge in [0.25, 0.3) is 0 Å². The summed E-state index contributed by atoms with van der Waals surface area (Å²) in [6.45, 7) is 1.91. The summed E-state index contributed by atoms with van der Waals surface area (Å²) in [6.07, 6.45) is 7.34. The molecule has 1 aliphatic heterocycles. The number of hydrogen-bond donors (Lipinski definition) is 1. The van der Waals surface area contributed by atoms with Crippen molar-refractivity contribution in [3.8, 4) is 5.75 Å². The van der Waals surface area contributed by atoms with Crippen molar-refractivity contribution in [3.63, 3.8) is 0 Å². The molecule has 1 N–H and O–H groups in total. The predicted molar refractivity (Wildman–Crippen MR) is 118 cm³/mol. The Morgan fingerprint density at radius 1 is 1.13 bits per heavy atom. The van der Waals surface area contributed by atoms with Crippen molar-refractivity contribution in [3.05, 3.63) is 50.8 Å². The van der Waals surface area contributed by atoms with E-state index in [0.717, 1.165) is 60.0 Å². The Labute approximate surface area is 186 Å². The van der Waals surface area contributed by atoms with E-state index in [2.05, 4.69) is 21.2 Å². The predicted octanol–water partition coefficient (Wildman–Crippen LogP) is 5.30. The number of carbonyl (C=O) groups is 2.